The van der Waals surface area contributed by atoms with Crippen LogP contribution in [0.5, 0.6) is 0 Å². The first-order chi connectivity index (χ1) is 9.28. The van der Waals surface area contributed by atoms with Gasteiger partial charge in [0.25, 0.3) is 0 Å². The van der Waals surface area contributed by atoms with Gasteiger partial charge in [-0.05, 0) is 18.2 Å². The molecule has 0 atom stereocenters. The van der Waals surface area contributed by atoms with Gasteiger partial charge in [-0.25, -0.2) is 0 Å². The Labute approximate surface area is 114 Å². The van der Waals surface area contributed by atoms with E-state index in [4.69, 9.17) is 0 Å². The van der Waals surface area contributed by atoms with Crippen molar-refractivity contribution in [3.05, 3.63) is 30.0 Å². The van der Waals surface area contributed by atoms with E-state index in [0.29, 0.717) is 0 Å². The van der Waals surface area contributed by atoms with Gasteiger partial charge in [0.2, 0.25) is 0 Å². The van der Waals surface area contributed by atoms with E-state index in [9.17, 15) is 0 Å². The second kappa shape index (κ2) is 5.31. The molecule has 1 aromatic heterocycles. The quantitative estimate of drug-likeness (QED) is 0.837. The number of hydrogen-bond donors (Lipinski definition) is 0. The summed E-state index contributed by atoms with van der Waals surface area (Å²) in [4.78, 5) is 5.06. The van der Waals surface area contributed by atoms with Crippen molar-refractivity contribution in [1.82, 2.24) is 19.6 Å². The zero-order valence-corrected chi connectivity index (χ0v) is 11.8. The van der Waals surface area contributed by atoms with E-state index >= 15 is 0 Å². The minimum absolute atomic E-state index is 1.04. The van der Waals surface area contributed by atoms with E-state index < -0.39 is 0 Å². The largest absolute Gasteiger partial charge is 0.301 e. The van der Waals surface area contributed by atoms with E-state index in [2.05, 4.69) is 40.0 Å². The maximum Gasteiger partial charge on any atom is 0.0682 e. The molecule has 1 aromatic carbocycles. The van der Waals surface area contributed by atoms with Crippen LogP contribution in [0.3, 0.4) is 0 Å². The van der Waals surface area contributed by atoms with Crippen LogP contribution >= 0.6 is 0 Å². The van der Waals surface area contributed by atoms with Gasteiger partial charge in [0.15, 0.2) is 0 Å². The molecule has 4 heteroatoms. The molecule has 0 saturated carbocycles. The Hall–Kier alpha value is -1.39. The highest BCUT2D eigenvalue weighted by molar-refractivity contribution is 5.82. The van der Waals surface area contributed by atoms with E-state index in [1.54, 1.807) is 0 Å². The predicted octanol–water partition coefficient (Wildman–Crippen LogP) is 1.71. The van der Waals surface area contributed by atoms with Gasteiger partial charge in [-0.15, -0.1) is 0 Å². The number of rotatable bonds is 3. The molecule has 4 nitrogen and oxygen atoms in total. The Morgan fingerprint density at radius 1 is 1.11 bits per heavy atom. The van der Waals surface area contributed by atoms with Crippen LogP contribution in [0.1, 0.15) is 12.5 Å². The SMILES string of the molecule is CCN1CCN(Cc2cccc3c2cnn3C)CC1. The van der Waals surface area contributed by atoms with Crippen LogP contribution in [0.25, 0.3) is 10.9 Å². The monoisotopic (exact) mass is 258 g/mol. The third-order valence-corrected chi connectivity index (χ3v) is 4.19. The highest BCUT2D eigenvalue weighted by Crippen LogP contribution is 2.20. The first-order valence-corrected chi connectivity index (χ1v) is 7.12. The van der Waals surface area contributed by atoms with Crippen molar-refractivity contribution >= 4 is 10.9 Å². The van der Waals surface area contributed by atoms with E-state index in [1.165, 1.54) is 49.2 Å². The van der Waals surface area contributed by atoms with Crippen LogP contribution in [-0.4, -0.2) is 52.3 Å². The maximum absolute atomic E-state index is 4.36. The van der Waals surface area contributed by atoms with Crippen LogP contribution in [0, 0.1) is 0 Å². The van der Waals surface area contributed by atoms with Crippen molar-refractivity contribution in [2.45, 2.75) is 13.5 Å². The molecule has 1 aliphatic heterocycles. The lowest BCUT2D eigenvalue weighted by Gasteiger charge is -2.34. The Morgan fingerprint density at radius 3 is 2.58 bits per heavy atom. The van der Waals surface area contributed by atoms with Crippen molar-refractivity contribution in [3.8, 4) is 0 Å². The molecule has 3 rings (SSSR count). The number of aromatic nitrogens is 2. The van der Waals surface area contributed by atoms with Crippen LogP contribution in [0.2, 0.25) is 0 Å². The molecule has 0 unspecified atom stereocenters. The van der Waals surface area contributed by atoms with Crippen molar-refractivity contribution in [3.63, 3.8) is 0 Å². The highest BCUT2D eigenvalue weighted by atomic mass is 15.3. The fourth-order valence-electron chi connectivity index (χ4n) is 2.88. The predicted molar refractivity (Wildman–Crippen MR) is 78.1 cm³/mol. The molecule has 0 radical (unpaired) electrons. The average molecular weight is 258 g/mol. The molecular weight excluding hydrogens is 236 g/mol. The standard InChI is InChI=1S/C15H22N4/c1-3-18-7-9-19(10-8-18)12-13-5-4-6-15-14(13)11-16-17(15)2/h4-6,11H,3,7-10,12H2,1-2H3. The molecule has 0 amide bonds. The zero-order valence-electron chi connectivity index (χ0n) is 11.8. The van der Waals surface area contributed by atoms with Gasteiger partial charge in [0.1, 0.15) is 0 Å². The van der Waals surface area contributed by atoms with Crippen molar-refractivity contribution in [2.24, 2.45) is 7.05 Å². The first kappa shape index (κ1) is 12.6. The van der Waals surface area contributed by atoms with Crippen LogP contribution in [0.4, 0.5) is 0 Å². The van der Waals surface area contributed by atoms with E-state index in [1.807, 2.05) is 17.9 Å². The molecule has 0 spiro atoms. The summed E-state index contributed by atoms with van der Waals surface area (Å²) in [6.45, 7) is 9.19. The smallest absolute Gasteiger partial charge is 0.0682 e. The topological polar surface area (TPSA) is 24.3 Å². The van der Waals surface area contributed by atoms with Crippen LogP contribution in [-0.2, 0) is 13.6 Å². The van der Waals surface area contributed by atoms with Crippen molar-refractivity contribution < 1.29 is 0 Å². The lowest BCUT2D eigenvalue weighted by molar-refractivity contribution is 0.132. The summed E-state index contributed by atoms with van der Waals surface area (Å²) >= 11 is 0. The second-order valence-corrected chi connectivity index (χ2v) is 5.33. The molecule has 2 aromatic rings. The summed E-state index contributed by atoms with van der Waals surface area (Å²) in [7, 11) is 2.01. The van der Waals surface area contributed by atoms with Gasteiger partial charge >= 0.3 is 0 Å². The summed E-state index contributed by atoms with van der Waals surface area (Å²) in [6.07, 6.45) is 1.99. The first-order valence-electron chi connectivity index (χ1n) is 7.12. The zero-order chi connectivity index (χ0) is 13.2. The lowest BCUT2D eigenvalue weighted by Crippen LogP contribution is -2.45. The molecule has 1 fully saturated rings. The van der Waals surface area contributed by atoms with Gasteiger partial charge in [0.05, 0.1) is 11.7 Å². The third kappa shape index (κ3) is 2.51. The maximum atomic E-state index is 4.36. The Balaban J connectivity index is 1.75. The minimum Gasteiger partial charge on any atom is -0.301 e. The Morgan fingerprint density at radius 2 is 1.84 bits per heavy atom. The molecule has 0 bridgehead atoms. The molecule has 1 aliphatic rings. The Bertz CT molecular complexity index is 552. The van der Waals surface area contributed by atoms with Crippen LogP contribution in [0.15, 0.2) is 24.4 Å². The number of likely N-dealkylation sites (N-methyl/N-ethyl adjacent to an activating group) is 1. The number of nitrogens with zero attached hydrogens (tertiary/aromatic N) is 4. The molecule has 2 heterocycles. The summed E-state index contributed by atoms with van der Waals surface area (Å²) < 4.78 is 1.95. The van der Waals surface area contributed by atoms with E-state index in [-0.39, 0.29) is 0 Å². The van der Waals surface area contributed by atoms with Crippen molar-refractivity contribution in [1.29, 1.82) is 0 Å². The third-order valence-electron chi connectivity index (χ3n) is 4.19. The summed E-state index contributed by atoms with van der Waals surface area (Å²) in [5.41, 5.74) is 2.63. The number of hydrogen-bond acceptors (Lipinski definition) is 3. The van der Waals surface area contributed by atoms with Crippen LogP contribution < -0.4 is 0 Å². The molecular formula is C15H22N4. The number of fused-ring (bicyclic) bond motifs is 1. The van der Waals surface area contributed by atoms with Gasteiger partial charge < -0.3 is 4.90 Å². The number of aryl methyl sites for hydroxylation is 1. The normalized spacial score (nSPS) is 18.2. The van der Waals surface area contributed by atoms with Gasteiger partial charge in [-0.2, -0.15) is 5.10 Å². The summed E-state index contributed by atoms with van der Waals surface area (Å²) in [5.74, 6) is 0. The fourth-order valence-corrected chi connectivity index (χ4v) is 2.88. The number of benzene rings is 1. The molecule has 19 heavy (non-hydrogen) atoms. The fraction of sp³-hybridized carbons (Fsp3) is 0.533. The van der Waals surface area contributed by atoms with E-state index in [0.717, 1.165) is 6.54 Å². The van der Waals surface area contributed by atoms with Crippen molar-refractivity contribution in [2.75, 3.05) is 32.7 Å². The molecule has 0 N–H and O–H groups in total. The summed E-state index contributed by atoms with van der Waals surface area (Å²) in [6, 6.07) is 6.51. The average Bonchev–Trinajstić information content (AvgIpc) is 2.83. The lowest BCUT2D eigenvalue weighted by atomic mass is 10.1. The second-order valence-electron chi connectivity index (χ2n) is 5.33. The van der Waals surface area contributed by atoms with Gasteiger partial charge in [-0.1, -0.05) is 19.1 Å². The Kier molecular flexibility index (Phi) is 3.53. The highest BCUT2D eigenvalue weighted by Gasteiger charge is 2.16. The molecule has 1 saturated heterocycles. The summed E-state index contributed by atoms with van der Waals surface area (Å²) in [5, 5.41) is 5.66. The molecule has 102 valence electrons. The number of piperazine rings is 1. The van der Waals surface area contributed by atoms with Gasteiger partial charge in [0, 0.05) is 45.2 Å². The minimum atomic E-state index is 1.04. The van der Waals surface area contributed by atoms with Gasteiger partial charge in [-0.3, -0.25) is 9.58 Å². The molecule has 0 aliphatic carbocycles.